The van der Waals surface area contributed by atoms with Crippen LogP contribution < -0.4 is 15.2 Å². The van der Waals surface area contributed by atoms with E-state index in [0.29, 0.717) is 32.9 Å². The Morgan fingerprint density at radius 1 is 0.967 bits per heavy atom. The molecule has 0 fully saturated rings. The zero-order valence-corrected chi connectivity index (χ0v) is 17.2. The molecule has 30 heavy (non-hydrogen) atoms. The number of fused-ring (bicyclic) bond motifs is 1. The summed E-state index contributed by atoms with van der Waals surface area (Å²) in [5, 5.41) is 1.02. The summed E-state index contributed by atoms with van der Waals surface area (Å²) in [5.74, 6) is 0.925. The number of benzene rings is 3. The van der Waals surface area contributed by atoms with Gasteiger partial charge in [-0.05, 0) is 42.5 Å². The van der Waals surface area contributed by atoms with Crippen LogP contribution in [0.3, 0.4) is 0 Å². The number of amides is 1. The Hall–Kier alpha value is -3.22. The van der Waals surface area contributed by atoms with Crippen LogP contribution in [0.25, 0.3) is 11.0 Å². The number of nitrogens with two attached hydrogens (primary N) is 1. The number of hydrogen-bond donors (Lipinski definition) is 2. The summed E-state index contributed by atoms with van der Waals surface area (Å²) in [7, 11) is 0. The molecule has 0 unspecified atom stereocenters. The van der Waals surface area contributed by atoms with Crippen LogP contribution in [0.5, 0.6) is 11.5 Å². The molecule has 3 N–H and O–H groups in total. The number of aromatic amines is 1. The quantitative estimate of drug-likeness (QED) is 0.415. The lowest BCUT2D eigenvalue weighted by atomic mass is 10.2. The van der Waals surface area contributed by atoms with E-state index in [1.807, 2.05) is 24.3 Å². The van der Waals surface area contributed by atoms with Gasteiger partial charge in [-0.2, -0.15) is 0 Å². The highest BCUT2D eigenvalue weighted by Crippen LogP contribution is 2.31. The highest BCUT2D eigenvalue weighted by molar-refractivity contribution is 6.35. The molecule has 1 aromatic heterocycles. The van der Waals surface area contributed by atoms with Crippen molar-refractivity contribution >= 4 is 40.1 Å². The van der Waals surface area contributed by atoms with E-state index in [9.17, 15) is 4.79 Å². The van der Waals surface area contributed by atoms with Gasteiger partial charge in [0.15, 0.2) is 11.5 Å². The normalized spacial score (nSPS) is 10.9. The number of aromatic nitrogens is 2. The molecule has 6 nitrogen and oxygen atoms in total. The summed E-state index contributed by atoms with van der Waals surface area (Å²) in [4.78, 5) is 19.3. The van der Waals surface area contributed by atoms with Gasteiger partial charge in [0.1, 0.15) is 19.0 Å². The van der Waals surface area contributed by atoms with Crippen molar-refractivity contribution in [3.63, 3.8) is 0 Å². The third-order valence-electron chi connectivity index (χ3n) is 4.43. The molecule has 4 rings (SSSR count). The number of primary amides is 1. The third-order valence-corrected chi connectivity index (χ3v) is 5.02. The maximum atomic E-state index is 11.6. The first-order valence-electron chi connectivity index (χ1n) is 9.06. The van der Waals surface area contributed by atoms with Crippen molar-refractivity contribution in [1.29, 1.82) is 0 Å². The number of hydrogen-bond acceptors (Lipinski definition) is 4. The fourth-order valence-corrected chi connectivity index (χ4v) is 3.37. The summed E-state index contributed by atoms with van der Waals surface area (Å²) >= 11 is 12.2. The lowest BCUT2D eigenvalue weighted by Gasteiger charge is -2.14. The van der Waals surface area contributed by atoms with Gasteiger partial charge in [0.05, 0.1) is 11.0 Å². The monoisotopic (exact) mass is 441 g/mol. The molecule has 0 aliphatic heterocycles. The number of imidazole rings is 1. The van der Waals surface area contributed by atoms with E-state index < -0.39 is 5.91 Å². The molecule has 0 aliphatic carbocycles. The van der Waals surface area contributed by atoms with E-state index in [2.05, 4.69) is 9.97 Å². The van der Waals surface area contributed by atoms with Crippen LogP contribution >= 0.6 is 23.2 Å². The van der Waals surface area contributed by atoms with E-state index in [4.69, 9.17) is 38.4 Å². The Morgan fingerprint density at radius 2 is 1.77 bits per heavy atom. The van der Waals surface area contributed by atoms with Crippen molar-refractivity contribution in [2.24, 2.45) is 5.73 Å². The van der Waals surface area contributed by atoms with Crippen molar-refractivity contribution in [2.75, 3.05) is 0 Å². The van der Waals surface area contributed by atoms with Gasteiger partial charge in [-0.25, -0.2) is 4.98 Å². The summed E-state index contributed by atoms with van der Waals surface area (Å²) in [6.45, 7) is 0.363. The minimum Gasteiger partial charge on any atom is -0.485 e. The zero-order chi connectivity index (χ0) is 21.1. The molecule has 152 valence electrons. The number of rotatable bonds is 7. The first kappa shape index (κ1) is 20.1. The summed E-state index contributed by atoms with van der Waals surface area (Å²) < 4.78 is 11.8. The van der Waals surface area contributed by atoms with Crippen LogP contribution in [0.4, 0.5) is 0 Å². The molecular weight excluding hydrogens is 425 g/mol. The molecule has 1 amide bonds. The summed E-state index contributed by atoms with van der Waals surface area (Å²) in [6, 6.07) is 17.6. The van der Waals surface area contributed by atoms with Crippen molar-refractivity contribution in [3.8, 4) is 11.5 Å². The number of carbonyl (C=O) groups is 1. The average molecular weight is 442 g/mol. The number of carbonyl (C=O) groups excluding carboxylic acids is 1. The molecule has 0 radical (unpaired) electrons. The maximum absolute atomic E-state index is 11.6. The predicted octanol–water partition coefficient (Wildman–Crippen LogP) is 5.13. The molecule has 8 heteroatoms. The van der Waals surface area contributed by atoms with Crippen LogP contribution in [0.1, 0.15) is 21.7 Å². The van der Waals surface area contributed by atoms with Gasteiger partial charge in [-0.1, -0.05) is 41.4 Å². The Balaban J connectivity index is 1.54. The molecule has 4 aromatic rings. The van der Waals surface area contributed by atoms with E-state index in [-0.39, 0.29) is 13.2 Å². The largest absolute Gasteiger partial charge is 0.485 e. The molecule has 0 saturated heterocycles. The maximum Gasteiger partial charge on any atom is 0.248 e. The van der Waals surface area contributed by atoms with Gasteiger partial charge in [-0.15, -0.1) is 0 Å². The smallest absolute Gasteiger partial charge is 0.248 e. The highest BCUT2D eigenvalue weighted by atomic mass is 35.5. The van der Waals surface area contributed by atoms with E-state index in [1.54, 1.807) is 36.4 Å². The Morgan fingerprint density at radius 3 is 2.53 bits per heavy atom. The van der Waals surface area contributed by atoms with E-state index in [1.165, 1.54) is 0 Å². The number of H-pyrrole nitrogens is 1. The van der Waals surface area contributed by atoms with Crippen LogP contribution in [0, 0.1) is 0 Å². The molecule has 0 atom stereocenters. The molecule has 3 aromatic carbocycles. The third kappa shape index (κ3) is 4.50. The second kappa shape index (κ2) is 8.65. The fourth-order valence-electron chi connectivity index (χ4n) is 2.91. The van der Waals surface area contributed by atoms with Crippen molar-refractivity contribution in [1.82, 2.24) is 9.97 Å². The lowest BCUT2D eigenvalue weighted by molar-refractivity contribution is 0.0999. The lowest BCUT2D eigenvalue weighted by Crippen LogP contribution is -2.11. The van der Waals surface area contributed by atoms with Gasteiger partial charge < -0.3 is 20.2 Å². The Bertz CT molecular complexity index is 1190. The number of para-hydroxylation sites is 2. The van der Waals surface area contributed by atoms with Gasteiger partial charge in [-0.3, -0.25) is 4.79 Å². The fraction of sp³-hybridized carbons (Fsp3) is 0.0909. The molecule has 0 aliphatic rings. The van der Waals surface area contributed by atoms with Crippen LogP contribution in [0.2, 0.25) is 10.0 Å². The van der Waals surface area contributed by atoms with Crippen LogP contribution in [0.15, 0.2) is 60.7 Å². The predicted molar refractivity (Wildman–Crippen MR) is 116 cm³/mol. The molecule has 0 saturated carbocycles. The average Bonchev–Trinajstić information content (AvgIpc) is 3.15. The number of nitrogens with one attached hydrogen (secondary N) is 1. The second-order valence-corrected chi connectivity index (χ2v) is 7.38. The SMILES string of the molecule is NC(=O)c1ccc(OCc2nc3ccccc3[nH]2)c(OCc2ccc(Cl)cc2Cl)c1. The minimum absolute atomic E-state index is 0.166. The second-order valence-electron chi connectivity index (χ2n) is 6.54. The first-order valence-corrected chi connectivity index (χ1v) is 9.82. The van der Waals surface area contributed by atoms with Gasteiger partial charge in [0.2, 0.25) is 5.91 Å². The van der Waals surface area contributed by atoms with Gasteiger partial charge >= 0.3 is 0 Å². The molecular formula is C22H17Cl2N3O3. The van der Waals surface area contributed by atoms with E-state index in [0.717, 1.165) is 16.6 Å². The van der Waals surface area contributed by atoms with Gasteiger partial charge in [0, 0.05) is 21.2 Å². The standard InChI is InChI=1S/C22H17Cl2N3O3/c23-15-7-5-14(16(24)10-15)11-29-20-9-13(22(25)28)6-8-19(20)30-12-21-26-17-3-1-2-4-18(17)27-21/h1-10H,11-12H2,(H2,25,28)(H,26,27). The first-order chi connectivity index (χ1) is 14.5. The van der Waals surface area contributed by atoms with Crippen LogP contribution in [-0.4, -0.2) is 15.9 Å². The molecule has 1 heterocycles. The van der Waals surface area contributed by atoms with Gasteiger partial charge in [0.25, 0.3) is 0 Å². The van der Waals surface area contributed by atoms with Crippen molar-refractivity contribution < 1.29 is 14.3 Å². The number of ether oxygens (including phenoxy) is 2. The minimum atomic E-state index is -0.562. The van der Waals surface area contributed by atoms with Crippen molar-refractivity contribution in [2.45, 2.75) is 13.2 Å². The summed E-state index contributed by atoms with van der Waals surface area (Å²) in [6.07, 6.45) is 0. The van der Waals surface area contributed by atoms with Crippen molar-refractivity contribution in [3.05, 3.63) is 87.7 Å². The molecule has 0 bridgehead atoms. The Kier molecular flexibility index (Phi) is 5.79. The van der Waals surface area contributed by atoms with E-state index >= 15 is 0 Å². The highest BCUT2D eigenvalue weighted by Gasteiger charge is 2.12. The Labute approximate surface area is 182 Å². The topological polar surface area (TPSA) is 90.2 Å². The number of nitrogens with zero attached hydrogens (tertiary/aromatic N) is 1. The zero-order valence-electron chi connectivity index (χ0n) is 15.7. The number of halogens is 2. The summed E-state index contributed by atoms with van der Waals surface area (Å²) in [5.41, 5.74) is 8.24. The van der Waals surface area contributed by atoms with Crippen LogP contribution in [-0.2, 0) is 13.2 Å². The molecule has 0 spiro atoms.